The number of carbonyl (C=O) groups is 1. The summed E-state index contributed by atoms with van der Waals surface area (Å²) in [7, 11) is 4.60. The fourth-order valence-electron chi connectivity index (χ4n) is 2.18. The summed E-state index contributed by atoms with van der Waals surface area (Å²) in [5.41, 5.74) is 1.32. The monoisotopic (exact) mass is 335 g/mol. The molecule has 122 valence electrons. The quantitative estimate of drug-likeness (QED) is 0.877. The minimum absolute atomic E-state index is 0.155. The van der Waals surface area contributed by atoms with Crippen molar-refractivity contribution in [2.24, 2.45) is 0 Å². The van der Waals surface area contributed by atoms with Gasteiger partial charge in [0.05, 0.1) is 38.5 Å². The maximum Gasteiger partial charge on any atom is 0.228 e. The zero-order valence-corrected chi connectivity index (χ0v) is 13.9. The van der Waals surface area contributed by atoms with Crippen molar-refractivity contribution in [1.29, 1.82) is 0 Å². The molecule has 5 nitrogen and oxygen atoms in total. The standard InChI is InChI=1S/C17H18ClNO4/c1-21-14-8-11(9-15(22-2)17(14)23-3)10-16(20)19-13-7-5-4-6-12(13)18/h4-9H,10H2,1-3H3,(H,19,20). The molecule has 0 saturated heterocycles. The molecular weight excluding hydrogens is 318 g/mol. The maximum absolute atomic E-state index is 12.2. The Labute approximate surface area is 140 Å². The normalized spacial score (nSPS) is 10.1. The van der Waals surface area contributed by atoms with E-state index in [1.165, 1.54) is 21.3 Å². The van der Waals surface area contributed by atoms with Gasteiger partial charge in [-0.25, -0.2) is 0 Å². The number of hydrogen-bond donors (Lipinski definition) is 1. The van der Waals surface area contributed by atoms with Crippen molar-refractivity contribution in [2.45, 2.75) is 6.42 Å². The molecule has 0 aliphatic carbocycles. The molecule has 0 fully saturated rings. The molecule has 0 atom stereocenters. The lowest BCUT2D eigenvalue weighted by Gasteiger charge is -2.14. The van der Waals surface area contributed by atoms with E-state index in [1.54, 1.807) is 36.4 Å². The maximum atomic E-state index is 12.2. The number of nitrogens with one attached hydrogen (secondary N) is 1. The SMILES string of the molecule is COc1cc(CC(=O)Nc2ccccc2Cl)cc(OC)c1OC. The van der Waals surface area contributed by atoms with E-state index >= 15 is 0 Å². The molecule has 0 radical (unpaired) electrons. The second kappa shape index (κ2) is 7.74. The Bertz CT molecular complexity index is 678. The van der Waals surface area contributed by atoms with E-state index in [2.05, 4.69) is 5.32 Å². The van der Waals surface area contributed by atoms with Crippen LogP contribution in [0.3, 0.4) is 0 Å². The van der Waals surface area contributed by atoms with Crippen LogP contribution in [0.1, 0.15) is 5.56 Å². The molecule has 0 unspecified atom stereocenters. The van der Waals surface area contributed by atoms with Crippen LogP contribution >= 0.6 is 11.6 Å². The predicted octanol–water partition coefficient (Wildman–Crippen LogP) is 3.55. The largest absolute Gasteiger partial charge is 0.493 e. The number of carbonyl (C=O) groups excluding carboxylic acids is 1. The van der Waals surface area contributed by atoms with E-state index in [4.69, 9.17) is 25.8 Å². The molecule has 2 rings (SSSR count). The van der Waals surface area contributed by atoms with Crippen molar-refractivity contribution in [3.8, 4) is 17.2 Å². The first-order valence-corrected chi connectivity index (χ1v) is 7.30. The number of halogens is 1. The van der Waals surface area contributed by atoms with Gasteiger partial charge in [-0.05, 0) is 29.8 Å². The highest BCUT2D eigenvalue weighted by Gasteiger charge is 2.15. The lowest BCUT2D eigenvalue weighted by molar-refractivity contribution is -0.115. The number of amides is 1. The summed E-state index contributed by atoms with van der Waals surface area (Å²) in [6, 6.07) is 10.6. The van der Waals surface area contributed by atoms with Gasteiger partial charge in [0.1, 0.15) is 0 Å². The van der Waals surface area contributed by atoms with Gasteiger partial charge in [0, 0.05) is 0 Å². The number of methoxy groups -OCH3 is 3. The van der Waals surface area contributed by atoms with Crippen LogP contribution < -0.4 is 19.5 Å². The first-order chi connectivity index (χ1) is 11.1. The Hall–Kier alpha value is -2.40. The van der Waals surface area contributed by atoms with E-state index in [1.807, 2.05) is 0 Å². The zero-order chi connectivity index (χ0) is 16.8. The molecule has 6 heteroatoms. The lowest BCUT2D eigenvalue weighted by atomic mass is 10.1. The molecule has 2 aromatic carbocycles. The molecule has 0 aliphatic rings. The minimum Gasteiger partial charge on any atom is -0.493 e. The van der Waals surface area contributed by atoms with Crippen LogP contribution in [0.25, 0.3) is 0 Å². The Morgan fingerprint density at radius 2 is 1.65 bits per heavy atom. The van der Waals surface area contributed by atoms with Gasteiger partial charge < -0.3 is 19.5 Å². The fraction of sp³-hybridized carbons (Fsp3) is 0.235. The molecule has 0 spiro atoms. The molecule has 0 aliphatic heterocycles. The molecule has 2 aromatic rings. The summed E-state index contributed by atoms with van der Waals surface area (Å²) in [6.07, 6.45) is 0.155. The van der Waals surface area contributed by atoms with E-state index in [0.29, 0.717) is 28.0 Å². The number of para-hydroxylation sites is 1. The summed E-state index contributed by atoms with van der Waals surface area (Å²) in [5, 5.41) is 3.27. The van der Waals surface area contributed by atoms with E-state index < -0.39 is 0 Å². The number of hydrogen-bond acceptors (Lipinski definition) is 4. The topological polar surface area (TPSA) is 56.8 Å². The van der Waals surface area contributed by atoms with Crippen LogP contribution in [0.15, 0.2) is 36.4 Å². The highest BCUT2D eigenvalue weighted by molar-refractivity contribution is 6.33. The van der Waals surface area contributed by atoms with Crippen molar-refractivity contribution < 1.29 is 19.0 Å². The first-order valence-electron chi connectivity index (χ1n) is 6.92. The average molecular weight is 336 g/mol. The zero-order valence-electron chi connectivity index (χ0n) is 13.2. The van der Waals surface area contributed by atoms with Crippen molar-refractivity contribution in [1.82, 2.24) is 0 Å². The molecule has 23 heavy (non-hydrogen) atoms. The molecule has 1 amide bonds. The van der Waals surface area contributed by atoms with E-state index in [-0.39, 0.29) is 12.3 Å². The fourth-order valence-corrected chi connectivity index (χ4v) is 2.36. The lowest BCUT2D eigenvalue weighted by Crippen LogP contribution is -2.14. The third kappa shape index (κ3) is 4.07. The van der Waals surface area contributed by atoms with Gasteiger partial charge in [-0.1, -0.05) is 23.7 Å². The molecule has 0 bridgehead atoms. The molecule has 0 saturated carbocycles. The number of benzene rings is 2. The molecule has 0 aromatic heterocycles. The summed E-state index contributed by atoms with van der Waals surface area (Å²) >= 11 is 6.03. The highest BCUT2D eigenvalue weighted by atomic mass is 35.5. The molecule has 1 N–H and O–H groups in total. The molecule has 0 heterocycles. The second-order valence-electron chi connectivity index (χ2n) is 4.74. The Morgan fingerprint density at radius 3 is 2.17 bits per heavy atom. The Morgan fingerprint density at radius 1 is 1.04 bits per heavy atom. The summed E-state index contributed by atoms with van der Waals surface area (Å²) in [4.78, 5) is 12.2. The minimum atomic E-state index is -0.188. The van der Waals surface area contributed by atoms with Gasteiger partial charge in [0.2, 0.25) is 11.7 Å². The summed E-state index contributed by atoms with van der Waals surface area (Å²) in [6.45, 7) is 0. The number of ether oxygens (including phenoxy) is 3. The number of rotatable bonds is 6. The van der Waals surface area contributed by atoms with Gasteiger partial charge in [-0.2, -0.15) is 0 Å². The Kier molecular flexibility index (Phi) is 5.71. The van der Waals surface area contributed by atoms with Gasteiger partial charge in [0.25, 0.3) is 0 Å². The van der Waals surface area contributed by atoms with Gasteiger partial charge >= 0.3 is 0 Å². The van der Waals surface area contributed by atoms with Crippen molar-refractivity contribution in [2.75, 3.05) is 26.6 Å². The average Bonchev–Trinajstić information content (AvgIpc) is 2.55. The predicted molar refractivity (Wildman–Crippen MR) is 89.9 cm³/mol. The second-order valence-corrected chi connectivity index (χ2v) is 5.15. The van der Waals surface area contributed by atoms with Crippen LogP contribution in [0.2, 0.25) is 5.02 Å². The van der Waals surface area contributed by atoms with Crippen LogP contribution in [0.5, 0.6) is 17.2 Å². The van der Waals surface area contributed by atoms with Crippen LogP contribution in [-0.2, 0) is 11.2 Å². The number of anilines is 1. The van der Waals surface area contributed by atoms with Crippen molar-refractivity contribution in [3.63, 3.8) is 0 Å². The van der Waals surface area contributed by atoms with E-state index in [0.717, 1.165) is 5.56 Å². The third-order valence-electron chi connectivity index (χ3n) is 3.24. The van der Waals surface area contributed by atoms with E-state index in [9.17, 15) is 4.79 Å². The van der Waals surface area contributed by atoms with Gasteiger partial charge in [0.15, 0.2) is 11.5 Å². The Balaban J connectivity index is 2.19. The van der Waals surface area contributed by atoms with Crippen molar-refractivity contribution in [3.05, 3.63) is 47.0 Å². The van der Waals surface area contributed by atoms with Gasteiger partial charge in [-0.15, -0.1) is 0 Å². The third-order valence-corrected chi connectivity index (χ3v) is 3.57. The molecular formula is C17H18ClNO4. The first kappa shape index (κ1) is 17.0. The van der Waals surface area contributed by atoms with Crippen molar-refractivity contribution >= 4 is 23.2 Å². The summed E-state index contributed by atoms with van der Waals surface area (Å²) in [5.74, 6) is 1.32. The van der Waals surface area contributed by atoms with Gasteiger partial charge in [-0.3, -0.25) is 4.79 Å². The summed E-state index contributed by atoms with van der Waals surface area (Å²) < 4.78 is 15.8. The van der Waals surface area contributed by atoms with Crippen LogP contribution in [-0.4, -0.2) is 27.2 Å². The smallest absolute Gasteiger partial charge is 0.228 e. The van der Waals surface area contributed by atoms with Crippen LogP contribution in [0, 0.1) is 0 Å². The highest BCUT2D eigenvalue weighted by Crippen LogP contribution is 2.38. The van der Waals surface area contributed by atoms with Crippen LogP contribution in [0.4, 0.5) is 5.69 Å².